The molecule has 3 heteroatoms. The predicted octanol–water partition coefficient (Wildman–Crippen LogP) is 3.14. The Balaban J connectivity index is 3.29. The smallest absolute Gasteiger partial charge is 0.222 e. The van der Waals surface area contributed by atoms with Crippen LogP contribution in [0.4, 0.5) is 0 Å². The van der Waals surface area contributed by atoms with Crippen LogP contribution in [0, 0.1) is 5.41 Å². The van der Waals surface area contributed by atoms with Gasteiger partial charge < -0.3 is 10.1 Å². The number of hydrogen-bond donors (Lipinski definition) is 1. The Hall–Kier alpha value is -0.570. The van der Waals surface area contributed by atoms with Gasteiger partial charge in [0.2, 0.25) is 5.91 Å². The van der Waals surface area contributed by atoms with Gasteiger partial charge in [0.25, 0.3) is 0 Å². The van der Waals surface area contributed by atoms with E-state index in [1.165, 1.54) is 12.8 Å². The van der Waals surface area contributed by atoms with E-state index >= 15 is 0 Å². The molecule has 0 spiro atoms. The molecule has 0 bridgehead atoms. The van der Waals surface area contributed by atoms with Crippen molar-refractivity contribution in [2.45, 2.75) is 59.8 Å². The Kier molecular flexibility index (Phi) is 9.14. The number of carbonyl (C=O) groups is 1. The summed E-state index contributed by atoms with van der Waals surface area (Å²) in [5.41, 5.74) is 0.282. The minimum atomic E-state index is 0.102. The third kappa shape index (κ3) is 13.4. The number of nitrogens with one attached hydrogen (secondary N) is 1. The standard InChI is InChI=1S/C14H29NO2/c1-5-6-7-11-17-12-8-13(16)15-10-9-14(2,3)4/h5-12H2,1-4H3,(H,15,16). The van der Waals surface area contributed by atoms with Crippen molar-refractivity contribution in [3.63, 3.8) is 0 Å². The lowest BCUT2D eigenvalue weighted by Crippen LogP contribution is -2.28. The highest BCUT2D eigenvalue weighted by molar-refractivity contribution is 5.75. The molecule has 0 heterocycles. The molecule has 102 valence electrons. The van der Waals surface area contributed by atoms with E-state index in [0.717, 1.165) is 26.0 Å². The second-order valence-electron chi connectivity index (χ2n) is 5.73. The first kappa shape index (κ1) is 16.4. The largest absolute Gasteiger partial charge is 0.381 e. The van der Waals surface area contributed by atoms with Crippen molar-refractivity contribution in [3.05, 3.63) is 0 Å². The second-order valence-corrected chi connectivity index (χ2v) is 5.73. The summed E-state index contributed by atoms with van der Waals surface area (Å²) in [6, 6.07) is 0. The van der Waals surface area contributed by atoms with Crippen LogP contribution < -0.4 is 5.32 Å². The molecular formula is C14H29NO2. The maximum atomic E-state index is 11.4. The maximum absolute atomic E-state index is 11.4. The molecule has 0 atom stereocenters. The topological polar surface area (TPSA) is 38.3 Å². The molecule has 1 amide bonds. The van der Waals surface area contributed by atoms with Gasteiger partial charge in [0.05, 0.1) is 6.61 Å². The van der Waals surface area contributed by atoms with Gasteiger partial charge >= 0.3 is 0 Å². The Morgan fingerprint density at radius 1 is 1.18 bits per heavy atom. The van der Waals surface area contributed by atoms with Gasteiger partial charge in [0, 0.05) is 19.6 Å². The Labute approximate surface area is 106 Å². The van der Waals surface area contributed by atoms with Gasteiger partial charge in [-0.3, -0.25) is 4.79 Å². The first-order chi connectivity index (χ1) is 7.95. The summed E-state index contributed by atoms with van der Waals surface area (Å²) in [5, 5.41) is 2.92. The summed E-state index contributed by atoms with van der Waals surface area (Å²) in [6.07, 6.45) is 5.00. The summed E-state index contributed by atoms with van der Waals surface area (Å²) in [7, 11) is 0. The normalized spacial score (nSPS) is 11.5. The Morgan fingerprint density at radius 3 is 2.47 bits per heavy atom. The molecule has 0 rings (SSSR count). The third-order valence-electron chi connectivity index (χ3n) is 2.56. The van der Waals surface area contributed by atoms with E-state index in [-0.39, 0.29) is 11.3 Å². The Bertz CT molecular complexity index is 197. The number of rotatable bonds is 9. The van der Waals surface area contributed by atoms with Gasteiger partial charge in [-0.25, -0.2) is 0 Å². The first-order valence-electron chi connectivity index (χ1n) is 6.80. The molecular weight excluding hydrogens is 214 g/mol. The lowest BCUT2D eigenvalue weighted by Gasteiger charge is -2.17. The summed E-state index contributed by atoms with van der Waals surface area (Å²) in [6.45, 7) is 10.8. The molecule has 0 aromatic heterocycles. The average Bonchev–Trinajstić information content (AvgIpc) is 2.21. The number of carbonyl (C=O) groups excluding carboxylic acids is 1. The third-order valence-corrected chi connectivity index (χ3v) is 2.56. The van der Waals surface area contributed by atoms with E-state index in [1.807, 2.05) is 0 Å². The molecule has 0 aliphatic carbocycles. The molecule has 3 nitrogen and oxygen atoms in total. The quantitative estimate of drug-likeness (QED) is 0.632. The molecule has 17 heavy (non-hydrogen) atoms. The van der Waals surface area contributed by atoms with E-state index in [1.54, 1.807) is 0 Å². The number of amides is 1. The van der Waals surface area contributed by atoms with Crippen molar-refractivity contribution < 1.29 is 9.53 Å². The van der Waals surface area contributed by atoms with E-state index in [2.05, 4.69) is 33.0 Å². The highest BCUT2D eigenvalue weighted by Crippen LogP contribution is 2.16. The molecule has 0 aliphatic rings. The van der Waals surface area contributed by atoms with E-state index in [0.29, 0.717) is 13.0 Å². The highest BCUT2D eigenvalue weighted by Gasteiger charge is 2.10. The maximum Gasteiger partial charge on any atom is 0.222 e. The minimum Gasteiger partial charge on any atom is -0.381 e. The van der Waals surface area contributed by atoms with Crippen LogP contribution in [0.25, 0.3) is 0 Å². The lowest BCUT2D eigenvalue weighted by atomic mass is 9.92. The van der Waals surface area contributed by atoms with Crippen LogP contribution in [0.2, 0.25) is 0 Å². The van der Waals surface area contributed by atoms with E-state index < -0.39 is 0 Å². The van der Waals surface area contributed by atoms with Gasteiger partial charge in [0.1, 0.15) is 0 Å². The van der Waals surface area contributed by atoms with Crippen molar-refractivity contribution >= 4 is 5.91 Å². The molecule has 0 saturated carbocycles. The van der Waals surface area contributed by atoms with Crippen molar-refractivity contribution in [2.75, 3.05) is 19.8 Å². The fourth-order valence-corrected chi connectivity index (χ4v) is 1.39. The fraction of sp³-hybridized carbons (Fsp3) is 0.929. The first-order valence-corrected chi connectivity index (χ1v) is 6.80. The van der Waals surface area contributed by atoms with Gasteiger partial charge in [-0.15, -0.1) is 0 Å². The lowest BCUT2D eigenvalue weighted by molar-refractivity contribution is -0.122. The molecule has 0 radical (unpaired) electrons. The van der Waals surface area contributed by atoms with Crippen LogP contribution in [-0.2, 0) is 9.53 Å². The summed E-state index contributed by atoms with van der Waals surface area (Å²) in [4.78, 5) is 11.4. The molecule has 0 aromatic carbocycles. The zero-order chi connectivity index (χ0) is 13.1. The monoisotopic (exact) mass is 243 g/mol. The van der Waals surface area contributed by atoms with Gasteiger partial charge in [0.15, 0.2) is 0 Å². The summed E-state index contributed by atoms with van der Waals surface area (Å²) in [5.74, 6) is 0.102. The van der Waals surface area contributed by atoms with Crippen molar-refractivity contribution in [1.82, 2.24) is 5.32 Å². The zero-order valence-corrected chi connectivity index (χ0v) is 12.0. The van der Waals surface area contributed by atoms with Crippen LogP contribution in [0.1, 0.15) is 59.8 Å². The number of ether oxygens (including phenoxy) is 1. The SMILES string of the molecule is CCCCCOCCC(=O)NCCC(C)(C)C. The van der Waals surface area contributed by atoms with E-state index in [9.17, 15) is 4.79 Å². The Morgan fingerprint density at radius 2 is 1.88 bits per heavy atom. The molecule has 0 unspecified atom stereocenters. The van der Waals surface area contributed by atoms with Crippen LogP contribution in [0.5, 0.6) is 0 Å². The number of hydrogen-bond acceptors (Lipinski definition) is 2. The second kappa shape index (κ2) is 9.46. The van der Waals surface area contributed by atoms with Crippen molar-refractivity contribution in [2.24, 2.45) is 5.41 Å². The molecule has 0 aliphatic heterocycles. The minimum absolute atomic E-state index is 0.102. The van der Waals surface area contributed by atoms with Crippen LogP contribution in [-0.4, -0.2) is 25.7 Å². The molecule has 0 saturated heterocycles. The van der Waals surface area contributed by atoms with Gasteiger partial charge in [-0.05, 0) is 18.3 Å². The average molecular weight is 243 g/mol. The van der Waals surface area contributed by atoms with Crippen LogP contribution >= 0.6 is 0 Å². The molecule has 0 aromatic rings. The summed E-state index contributed by atoms with van der Waals surface area (Å²) < 4.78 is 5.39. The van der Waals surface area contributed by atoms with Crippen molar-refractivity contribution in [3.8, 4) is 0 Å². The zero-order valence-electron chi connectivity index (χ0n) is 12.0. The van der Waals surface area contributed by atoms with Crippen LogP contribution in [0.15, 0.2) is 0 Å². The van der Waals surface area contributed by atoms with Gasteiger partial charge in [-0.2, -0.15) is 0 Å². The van der Waals surface area contributed by atoms with E-state index in [4.69, 9.17) is 4.74 Å². The highest BCUT2D eigenvalue weighted by atomic mass is 16.5. The number of unbranched alkanes of at least 4 members (excludes halogenated alkanes) is 2. The summed E-state index contributed by atoms with van der Waals surface area (Å²) >= 11 is 0. The molecule has 1 N–H and O–H groups in total. The fourth-order valence-electron chi connectivity index (χ4n) is 1.39. The van der Waals surface area contributed by atoms with Gasteiger partial charge in [-0.1, -0.05) is 40.5 Å². The van der Waals surface area contributed by atoms with Crippen molar-refractivity contribution in [1.29, 1.82) is 0 Å². The van der Waals surface area contributed by atoms with Crippen LogP contribution in [0.3, 0.4) is 0 Å². The molecule has 0 fully saturated rings. The predicted molar refractivity (Wildman–Crippen MR) is 72.0 cm³/mol.